The van der Waals surface area contributed by atoms with Gasteiger partial charge in [-0.05, 0) is 38.4 Å². The molecule has 0 unspecified atom stereocenters. The molecule has 2 saturated heterocycles. The molecule has 2 bridgehead atoms. The summed E-state index contributed by atoms with van der Waals surface area (Å²) >= 11 is 1.77. The minimum atomic E-state index is 0.307. The maximum atomic E-state index is 12.7. The minimum absolute atomic E-state index is 0.307. The maximum absolute atomic E-state index is 12.7. The summed E-state index contributed by atoms with van der Waals surface area (Å²) < 4.78 is 7.00. The highest BCUT2D eigenvalue weighted by Gasteiger charge is 2.32. The first-order valence-corrected chi connectivity index (χ1v) is 10.4. The number of aryl methyl sites for hydroxylation is 1. The van der Waals surface area contributed by atoms with Gasteiger partial charge in [-0.25, -0.2) is 4.98 Å². The molecule has 5 nitrogen and oxygen atoms in total. The normalized spacial score (nSPS) is 24.0. The predicted octanol–water partition coefficient (Wildman–Crippen LogP) is 2.80. The Kier molecular flexibility index (Phi) is 5.52. The third-order valence-corrected chi connectivity index (χ3v) is 6.56. The summed E-state index contributed by atoms with van der Waals surface area (Å²) in [6.07, 6.45) is 3.57. The quantitative estimate of drug-likeness (QED) is 0.756. The van der Waals surface area contributed by atoms with Crippen LogP contribution >= 0.6 is 11.3 Å². The van der Waals surface area contributed by atoms with Crippen molar-refractivity contribution in [1.29, 1.82) is 0 Å². The fourth-order valence-corrected chi connectivity index (χ4v) is 5.00. The van der Waals surface area contributed by atoms with Crippen LogP contribution in [0.5, 0.6) is 0 Å². The molecule has 1 aromatic carbocycles. The van der Waals surface area contributed by atoms with E-state index in [9.17, 15) is 4.79 Å². The van der Waals surface area contributed by atoms with Crippen LogP contribution in [0.15, 0.2) is 24.3 Å². The van der Waals surface area contributed by atoms with E-state index < -0.39 is 0 Å². The fraction of sp³-hybridized carbons (Fsp3) is 0.600. The molecule has 0 saturated carbocycles. The molecule has 1 amide bonds. The molecular formula is C20H27N3O2S. The first kappa shape index (κ1) is 17.9. The van der Waals surface area contributed by atoms with Gasteiger partial charge in [-0.3, -0.25) is 9.69 Å². The summed E-state index contributed by atoms with van der Waals surface area (Å²) in [5, 5.41) is 1.18. The Morgan fingerprint density at radius 3 is 3.00 bits per heavy atom. The van der Waals surface area contributed by atoms with Crippen molar-refractivity contribution < 1.29 is 9.53 Å². The van der Waals surface area contributed by atoms with Crippen LogP contribution in [0, 0.1) is 5.92 Å². The average Bonchev–Trinajstić information content (AvgIpc) is 2.86. The number of rotatable bonds is 5. The first-order chi connectivity index (χ1) is 12.7. The lowest BCUT2D eigenvalue weighted by Gasteiger charge is -2.29. The molecule has 2 fully saturated rings. The van der Waals surface area contributed by atoms with E-state index in [1.54, 1.807) is 11.3 Å². The summed E-state index contributed by atoms with van der Waals surface area (Å²) in [5.41, 5.74) is 1.09. The summed E-state index contributed by atoms with van der Waals surface area (Å²) in [4.78, 5) is 21.8. The number of likely N-dealkylation sites (N-methyl/N-ethyl adjacent to an activating group) is 1. The van der Waals surface area contributed by atoms with Crippen LogP contribution in [-0.4, -0.2) is 66.6 Å². The van der Waals surface area contributed by atoms with Gasteiger partial charge in [0, 0.05) is 32.0 Å². The van der Waals surface area contributed by atoms with E-state index in [-0.39, 0.29) is 0 Å². The monoisotopic (exact) mass is 373 g/mol. The van der Waals surface area contributed by atoms with Gasteiger partial charge in [-0.1, -0.05) is 12.1 Å². The van der Waals surface area contributed by atoms with E-state index in [1.165, 1.54) is 9.71 Å². The van der Waals surface area contributed by atoms with Gasteiger partial charge >= 0.3 is 0 Å². The second kappa shape index (κ2) is 8.03. The molecule has 2 aliphatic rings. The molecule has 4 rings (SSSR count). The number of ether oxygens (including phenoxy) is 1. The number of thiazole rings is 1. The molecule has 6 heteroatoms. The number of carbonyl (C=O) groups excluding carboxylic acids is 1. The zero-order valence-corrected chi connectivity index (χ0v) is 16.2. The number of para-hydroxylation sites is 1. The molecule has 1 aromatic heterocycles. The molecule has 2 aliphatic heterocycles. The Balaban J connectivity index is 1.26. The van der Waals surface area contributed by atoms with E-state index in [0.29, 0.717) is 24.3 Å². The summed E-state index contributed by atoms with van der Waals surface area (Å²) in [7, 11) is 2.15. The maximum Gasteiger partial charge on any atom is 0.222 e. The highest BCUT2D eigenvalue weighted by Crippen LogP contribution is 2.23. The SMILES string of the molecule is CN1C[C@H]2COC[C@@H]1CN(C(=O)CCCCc1nc3ccccc3s1)C2. The molecule has 2 atom stereocenters. The molecule has 26 heavy (non-hydrogen) atoms. The van der Waals surface area contributed by atoms with Gasteiger partial charge in [0.2, 0.25) is 5.91 Å². The Morgan fingerprint density at radius 1 is 1.23 bits per heavy atom. The van der Waals surface area contributed by atoms with Crippen LogP contribution in [0.25, 0.3) is 10.2 Å². The number of unbranched alkanes of at least 4 members (excludes halogenated alkanes) is 1. The van der Waals surface area contributed by atoms with Crippen molar-refractivity contribution in [3.8, 4) is 0 Å². The van der Waals surface area contributed by atoms with Crippen LogP contribution in [-0.2, 0) is 16.0 Å². The van der Waals surface area contributed by atoms with Crippen LogP contribution in [0.2, 0.25) is 0 Å². The summed E-state index contributed by atoms with van der Waals surface area (Å²) in [5.74, 6) is 0.751. The number of nitrogens with zero attached hydrogens (tertiary/aromatic N) is 3. The van der Waals surface area contributed by atoms with Crippen molar-refractivity contribution in [2.45, 2.75) is 31.7 Å². The van der Waals surface area contributed by atoms with Crippen LogP contribution in [0.1, 0.15) is 24.3 Å². The van der Waals surface area contributed by atoms with Crippen molar-refractivity contribution in [2.24, 2.45) is 5.92 Å². The number of hydrogen-bond donors (Lipinski definition) is 0. The van der Waals surface area contributed by atoms with Gasteiger partial charge in [-0.15, -0.1) is 11.3 Å². The Morgan fingerprint density at radius 2 is 2.12 bits per heavy atom. The number of benzene rings is 1. The van der Waals surface area contributed by atoms with Crippen molar-refractivity contribution in [2.75, 3.05) is 39.9 Å². The molecule has 0 spiro atoms. The molecule has 0 radical (unpaired) electrons. The second-order valence-electron chi connectivity index (χ2n) is 7.58. The van der Waals surface area contributed by atoms with E-state index in [0.717, 1.165) is 57.6 Å². The first-order valence-electron chi connectivity index (χ1n) is 9.59. The third-order valence-electron chi connectivity index (χ3n) is 5.47. The standard InChI is InChI=1S/C20H27N3O2S/c1-22-10-15-11-23(12-16(22)14-25-13-15)20(24)9-5-4-8-19-21-17-6-2-3-7-18(17)26-19/h2-3,6-7,15-16H,4-5,8-14H2,1H3/t15-,16+/m1/s1. The van der Waals surface area contributed by atoms with E-state index in [1.807, 2.05) is 6.07 Å². The zero-order valence-electron chi connectivity index (χ0n) is 15.4. The van der Waals surface area contributed by atoms with E-state index in [2.05, 4.69) is 40.0 Å². The van der Waals surface area contributed by atoms with Crippen molar-refractivity contribution in [3.63, 3.8) is 0 Å². The smallest absolute Gasteiger partial charge is 0.222 e. The largest absolute Gasteiger partial charge is 0.379 e. The lowest BCUT2D eigenvalue weighted by molar-refractivity contribution is -0.133. The molecule has 2 aromatic rings. The second-order valence-corrected chi connectivity index (χ2v) is 8.69. The van der Waals surface area contributed by atoms with Gasteiger partial charge < -0.3 is 9.64 Å². The van der Waals surface area contributed by atoms with E-state index >= 15 is 0 Å². The lowest BCUT2D eigenvalue weighted by Crippen LogP contribution is -2.44. The summed E-state index contributed by atoms with van der Waals surface area (Å²) in [6, 6.07) is 8.62. The van der Waals surface area contributed by atoms with Crippen LogP contribution in [0.3, 0.4) is 0 Å². The lowest BCUT2D eigenvalue weighted by atomic mass is 10.1. The topological polar surface area (TPSA) is 45.7 Å². The van der Waals surface area contributed by atoms with Crippen molar-refractivity contribution in [3.05, 3.63) is 29.3 Å². The van der Waals surface area contributed by atoms with Crippen LogP contribution in [0.4, 0.5) is 0 Å². The molecule has 3 heterocycles. The third kappa shape index (κ3) is 4.08. The fourth-order valence-electron chi connectivity index (χ4n) is 3.99. The molecule has 0 N–H and O–H groups in total. The van der Waals surface area contributed by atoms with E-state index in [4.69, 9.17) is 4.74 Å². The number of carbonyl (C=O) groups is 1. The Bertz CT molecular complexity index is 729. The minimum Gasteiger partial charge on any atom is -0.379 e. The van der Waals surface area contributed by atoms with Gasteiger partial charge in [0.25, 0.3) is 0 Å². The van der Waals surface area contributed by atoms with Crippen molar-refractivity contribution >= 4 is 27.5 Å². The van der Waals surface area contributed by atoms with Crippen molar-refractivity contribution in [1.82, 2.24) is 14.8 Å². The van der Waals surface area contributed by atoms with Crippen LogP contribution < -0.4 is 0 Å². The highest BCUT2D eigenvalue weighted by atomic mass is 32.1. The number of aromatic nitrogens is 1. The molecule has 140 valence electrons. The number of hydrogen-bond acceptors (Lipinski definition) is 5. The predicted molar refractivity (Wildman–Crippen MR) is 104 cm³/mol. The summed E-state index contributed by atoms with van der Waals surface area (Å²) in [6.45, 7) is 4.21. The van der Waals surface area contributed by atoms with Gasteiger partial charge in [-0.2, -0.15) is 0 Å². The molecular weight excluding hydrogens is 346 g/mol. The number of amides is 1. The highest BCUT2D eigenvalue weighted by molar-refractivity contribution is 7.18. The Labute approximate surface area is 159 Å². The molecule has 0 aliphatic carbocycles. The number of fused-ring (bicyclic) bond motifs is 4. The van der Waals surface area contributed by atoms with Gasteiger partial charge in [0.1, 0.15) is 0 Å². The van der Waals surface area contributed by atoms with Gasteiger partial charge in [0.05, 0.1) is 34.5 Å². The Hall–Kier alpha value is -1.50. The average molecular weight is 374 g/mol. The zero-order chi connectivity index (χ0) is 17.9. The van der Waals surface area contributed by atoms with Gasteiger partial charge in [0.15, 0.2) is 0 Å².